The third-order valence-corrected chi connectivity index (χ3v) is 4.01. The number of nitrogens with zero attached hydrogens (tertiary/aromatic N) is 6. The van der Waals surface area contributed by atoms with Crippen molar-refractivity contribution in [2.24, 2.45) is 0 Å². The molecule has 0 radical (unpaired) electrons. The van der Waals surface area contributed by atoms with E-state index in [0.29, 0.717) is 10.7 Å². The van der Waals surface area contributed by atoms with Crippen molar-refractivity contribution >= 4 is 28.9 Å². The molecule has 2 heterocycles. The van der Waals surface area contributed by atoms with Gasteiger partial charge in [0.25, 0.3) is 0 Å². The van der Waals surface area contributed by atoms with Gasteiger partial charge in [-0.1, -0.05) is 11.6 Å². The van der Waals surface area contributed by atoms with Crippen LogP contribution in [0.4, 0.5) is 11.4 Å². The van der Waals surface area contributed by atoms with Crippen LogP contribution in [0, 0.1) is 0 Å². The molecule has 8 nitrogen and oxygen atoms in total. The first-order valence-electron chi connectivity index (χ1n) is 7.35. The van der Waals surface area contributed by atoms with Crippen LogP contribution in [0.1, 0.15) is 0 Å². The van der Waals surface area contributed by atoms with E-state index in [4.69, 9.17) is 11.6 Å². The number of anilines is 2. The van der Waals surface area contributed by atoms with Gasteiger partial charge in [-0.05, 0) is 35.7 Å². The highest BCUT2D eigenvalue weighted by Gasteiger charge is 2.18. The molecule has 9 heteroatoms. The third-order valence-electron chi connectivity index (χ3n) is 3.77. The van der Waals surface area contributed by atoms with Gasteiger partial charge in [-0.2, -0.15) is 0 Å². The molecule has 1 fully saturated rings. The fraction of sp³-hybridized carbons (Fsp3) is 0.429. The maximum atomic E-state index is 12.2. The Labute approximate surface area is 139 Å². The van der Waals surface area contributed by atoms with E-state index in [1.165, 1.54) is 11.0 Å². The van der Waals surface area contributed by atoms with Gasteiger partial charge < -0.3 is 15.1 Å². The molecule has 2 aromatic rings. The Kier molecular flexibility index (Phi) is 4.73. The molecule has 1 aliphatic heterocycles. The Morgan fingerprint density at radius 1 is 1.30 bits per heavy atom. The van der Waals surface area contributed by atoms with E-state index in [0.717, 1.165) is 31.9 Å². The van der Waals surface area contributed by atoms with Gasteiger partial charge >= 0.3 is 0 Å². The first-order chi connectivity index (χ1) is 11.1. The fourth-order valence-corrected chi connectivity index (χ4v) is 2.69. The van der Waals surface area contributed by atoms with Crippen molar-refractivity contribution in [3.05, 3.63) is 29.5 Å². The van der Waals surface area contributed by atoms with Crippen molar-refractivity contribution < 1.29 is 4.79 Å². The topological polar surface area (TPSA) is 79.2 Å². The zero-order chi connectivity index (χ0) is 16.2. The lowest BCUT2D eigenvalue weighted by atomic mass is 10.2. The minimum absolute atomic E-state index is 0.0572. The summed E-state index contributed by atoms with van der Waals surface area (Å²) in [6, 6.07) is 5.55. The number of aromatic nitrogens is 4. The summed E-state index contributed by atoms with van der Waals surface area (Å²) in [7, 11) is 2.11. The number of carbonyl (C=O) groups is 1. The second-order valence-electron chi connectivity index (χ2n) is 5.51. The van der Waals surface area contributed by atoms with Crippen LogP contribution in [0.3, 0.4) is 0 Å². The largest absolute Gasteiger partial charge is 0.367 e. The van der Waals surface area contributed by atoms with Crippen molar-refractivity contribution in [3.8, 4) is 0 Å². The van der Waals surface area contributed by atoms with E-state index >= 15 is 0 Å². The molecule has 0 atom stereocenters. The quantitative estimate of drug-likeness (QED) is 0.887. The summed E-state index contributed by atoms with van der Waals surface area (Å²) >= 11 is 6.09. The molecule has 0 spiro atoms. The molecule has 1 amide bonds. The zero-order valence-electron chi connectivity index (χ0n) is 12.8. The van der Waals surface area contributed by atoms with E-state index in [1.807, 2.05) is 12.1 Å². The summed E-state index contributed by atoms with van der Waals surface area (Å²) in [6.45, 7) is 3.85. The van der Waals surface area contributed by atoms with Gasteiger partial charge in [-0.25, -0.2) is 4.68 Å². The zero-order valence-corrected chi connectivity index (χ0v) is 13.6. The molecule has 1 N–H and O–H groups in total. The summed E-state index contributed by atoms with van der Waals surface area (Å²) in [5.74, 6) is -0.199. The van der Waals surface area contributed by atoms with Crippen LogP contribution in [0.25, 0.3) is 0 Å². The molecule has 23 heavy (non-hydrogen) atoms. The maximum absolute atomic E-state index is 12.2. The van der Waals surface area contributed by atoms with Crippen LogP contribution in [-0.4, -0.2) is 64.2 Å². The standard InChI is InChI=1S/C14H18ClN7O/c1-20-4-6-21(7-5-20)13-3-2-11(15)8-12(13)17-14(23)9-22-10-16-18-19-22/h2-3,8,10H,4-7,9H2,1H3,(H,17,23). The van der Waals surface area contributed by atoms with Gasteiger partial charge in [0.05, 0.1) is 11.4 Å². The predicted octanol–water partition coefficient (Wildman–Crippen LogP) is 0.717. The van der Waals surface area contributed by atoms with E-state index in [-0.39, 0.29) is 12.5 Å². The average Bonchev–Trinajstić information content (AvgIpc) is 3.01. The molecule has 1 aromatic carbocycles. The summed E-state index contributed by atoms with van der Waals surface area (Å²) in [6.07, 6.45) is 1.40. The summed E-state index contributed by atoms with van der Waals surface area (Å²) in [4.78, 5) is 16.7. The first kappa shape index (κ1) is 15.7. The second kappa shape index (κ2) is 6.93. The minimum Gasteiger partial charge on any atom is -0.367 e. The molecule has 1 saturated heterocycles. The van der Waals surface area contributed by atoms with Crippen LogP contribution in [-0.2, 0) is 11.3 Å². The van der Waals surface area contributed by atoms with Crippen molar-refractivity contribution in [1.29, 1.82) is 0 Å². The maximum Gasteiger partial charge on any atom is 0.246 e. The number of hydrogen-bond acceptors (Lipinski definition) is 6. The number of tetrazole rings is 1. The van der Waals surface area contributed by atoms with Gasteiger partial charge in [0.2, 0.25) is 5.91 Å². The monoisotopic (exact) mass is 335 g/mol. The molecular weight excluding hydrogens is 318 g/mol. The number of carbonyl (C=O) groups excluding carboxylic acids is 1. The first-order valence-corrected chi connectivity index (χ1v) is 7.73. The van der Waals surface area contributed by atoms with Gasteiger partial charge in [-0.3, -0.25) is 4.79 Å². The lowest BCUT2D eigenvalue weighted by Gasteiger charge is -2.35. The van der Waals surface area contributed by atoms with Gasteiger partial charge in [0.1, 0.15) is 12.9 Å². The Morgan fingerprint density at radius 3 is 2.78 bits per heavy atom. The number of likely N-dealkylation sites (N-methyl/N-ethyl adjacent to an activating group) is 1. The number of amides is 1. The van der Waals surface area contributed by atoms with Gasteiger partial charge in [-0.15, -0.1) is 5.10 Å². The molecule has 0 aliphatic carbocycles. The van der Waals surface area contributed by atoms with Crippen molar-refractivity contribution in [2.45, 2.75) is 6.54 Å². The number of hydrogen-bond donors (Lipinski definition) is 1. The highest BCUT2D eigenvalue weighted by molar-refractivity contribution is 6.31. The fourth-order valence-electron chi connectivity index (χ4n) is 2.52. The van der Waals surface area contributed by atoms with E-state index in [2.05, 4.69) is 37.7 Å². The van der Waals surface area contributed by atoms with Gasteiger partial charge in [0, 0.05) is 31.2 Å². The number of piperazine rings is 1. The summed E-state index contributed by atoms with van der Waals surface area (Å²) in [5.41, 5.74) is 1.69. The highest BCUT2D eigenvalue weighted by atomic mass is 35.5. The summed E-state index contributed by atoms with van der Waals surface area (Å²) in [5, 5.41) is 14.2. The SMILES string of the molecule is CN1CCN(c2ccc(Cl)cc2NC(=O)Cn2cnnn2)CC1. The predicted molar refractivity (Wildman–Crippen MR) is 87.6 cm³/mol. The van der Waals surface area contributed by atoms with Crippen LogP contribution < -0.4 is 10.2 Å². The van der Waals surface area contributed by atoms with Crippen LogP contribution in [0.15, 0.2) is 24.5 Å². The molecule has 1 aliphatic rings. The van der Waals surface area contributed by atoms with Crippen molar-refractivity contribution in [1.82, 2.24) is 25.1 Å². The Hall–Kier alpha value is -2.19. The van der Waals surface area contributed by atoms with Crippen LogP contribution >= 0.6 is 11.6 Å². The number of nitrogens with one attached hydrogen (secondary N) is 1. The van der Waals surface area contributed by atoms with E-state index in [9.17, 15) is 4.79 Å². The highest BCUT2D eigenvalue weighted by Crippen LogP contribution is 2.30. The summed E-state index contributed by atoms with van der Waals surface area (Å²) < 4.78 is 1.37. The van der Waals surface area contributed by atoms with Crippen LogP contribution in [0.5, 0.6) is 0 Å². The smallest absolute Gasteiger partial charge is 0.246 e. The molecular formula is C14H18ClN7O. The number of rotatable bonds is 4. The molecule has 0 unspecified atom stereocenters. The molecule has 0 bridgehead atoms. The Balaban J connectivity index is 1.75. The van der Waals surface area contributed by atoms with Crippen LogP contribution in [0.2, 0.25) is 5.02 Å². The molecule has 3 rings (SSSR count). The van der Waals surface area contributed by atoms with Crippen molar-refractivity contribution in [2.75, 3.05) is 43.4 Å². The average molecular weight is 336 g/mol. The van der Waals surface area contributed by atoms with Gasteiger partial charge in [0.15, 0.2) is 0 Å². The Morgan fingerprint density at radius 2 is 2.09 bits per heavy atom. The third kappa shape index (κ3) is 3.96. The lowest BCUT2D eigenvalue weighted by molar-refractivity contribution is -0.116. The van der Waals surface area contributed by atoms with Crippen molar-refractivity contribution in [3.63, 3.8) is 0 Å². The second-order valence-corrected chi connectivity index (χ2v) is 5.94. The number of halogens is 1. The molecule has 122 valence electrons. The van der Waals surface area contributed by atoms with E-state index < -0.39 is 0 Å². The Bertz CT molecular complexity index is 668. The normalized spacial score (nSPS) is 15.7. The number of benzene rings is 1. The molecule has 0 saturated carbocycles. The molecule has 1 aromatic heterocycles. The lowest BCUT2D eigenvalue weighted by Crippen LogP contribution is -2.44. The van der Waals surface area contributed by atoms with E-state index in [1.54, 1.807) is 6.07 Å². The minimum atomic E-state index is -0.199.